The Balaban J connectivity index is 1.70. The first kappa shape index (κ1) is 23.0. The molecule has 0 spiro atoms. The maximum Gasteiger partial charge on any atom is 0.254 e. The zero-order valence-electron chi connectivity index (χ0n) is 18.1. The Morgan fingerprint density at radius 2 is 1.73 bits per heavy atom. The minimum atomic E-state index is -0.771. The summed E-state index contributed by atoms with van der Waals surface area (Å²) in [5.74, 6) is -1.35. The van der Waals surface area contributed by atoms with Crippen LogP contribution in [0.2, 0.25) is 5.02 Å². The first-order chi connectivity index (χ1) is 16.0. The number of carbonyl (C=O) groups is 2. The molecule has 3 atom stereocenters. The number of rotatable bonds is 7. The SMILES string of the molecule is CC(O)CN1C(=O)c2ccccc2[C@@H](C(=O)NOCc2ccccc2)[C@@H]1c1ccc(Cl)cc1. The van der Waals surface area contributed by atoms with Gasteiger partial charge >= 0.3 is 0 Å². The van der Waals surface area contributed by atoms with Gasteiger partial charge in [0.15, 0.2) is 0 Å². The van der Waals surface area contributed by atoms with Crippen molar-refractivity contribution < 1.29 is 19.5 Å². The molecule has 1 unspecified atom stereocenters. The molecule has 170 valence electrons. The number of aliphatic hydroxyl groups is 1. The molecule has 3 aromatic carbocycles. The van der Waals surface area contributed by atoms with E-state index in [9.17, 15) is 14.7 Å². The van der Waals surface area contributed by atoms with Gasteiger partial charge < -0.3 is 10.0 Å². The first-order valence-corrected chi connectivity index (χ1v) is 11.1. The van der Waals surface area contributed by atoms with Crippen molar-refractivity contribution in [2.24, 2.45) is 0 Å². The Labute approximate surface area is 197 Å². The van der Waals surface area contributed by atoms with Gasteiger partial charge in [0.2, 0.25) is 0 Å². The highest BCUT2D eigenvalue weighted by molar-refractivity contribution is 6.30. The fraction of sp³-hybridized carbons (Fsp3) is 0.231. The Kier molecular flexibility index (Phi) is 7.08. The minimum absolute atomic E-state index is 0.0785. The lowest BCUT2D eigenvalue weighted by atomic mass is 9.79. The number of halogens is 1. The largest absolute Gasteiger partial charge is 0.392 e. The second-order valence-corrected chi connectivity index (χ2v) is 8.54. The molecule has 2 amide bonds. The van der Waals surface area contributed by atoms with Crippen molar-refractivity contribution in [3.8, 4) is 0 Å². The summed E-state index contributed by atoms with van der Waals surface area (Å²) in [5, 5.41) is 10.7. The minimum Gasteiger partial charge on any atom is -0.392 e. The number of amides is 2. The Hall–Kier alpha value is -3.19. The van der Waals surface area contributed by atoms with Crippen LogP contribution in [0.15, 0.2) is 78.9 Å². The molecular formula is C26H25ClN2O4. The second-order valence-electron chi connectivity index (χ2n) is 8.11. The predicted molar refractivity (Wildman–Crippen MR) is 125 cm³/mol. The highest BCUT2D eigenvalue weighted by atomic mass is 35.5. The van der Waals surface area contributed by atoms with Gasteiger partial charge in [-0.1, -0.05) is 72.3 Å². The molecule has 1 heterocycles. The number of β-amino-alcohol motifs (C(OH)–C–C–N with tert-alkyl or cyclic N) is 1. The standard InChI is InChI=1S/C26H25ClN2O4/c1-17(30)15-29-24(19-11-13-20(27)14-12-19)23(21-9-5-6-10-22(21)26(29)32)25(31)28-33-16-18-7-3-2-4-8-18/h2-14,17,23-24,30H,15-16H2,1H3,(H,28,31)/t17?,23-,24+/m1/s1. The first-order valence-electron chi connectivity index (χ1n) is 10.7. The highest BCUT2D eigenvalue weighted by Gasteiger charge is 2.44. The van der Waals surface area contributed by atoms with Gasteiger partial charge in [-0.2, -0.15) is 0 Å². The molecule has 0 aliphatic carbocycles. The molecule has 1 aliphatic rings. The van der Waals surface area contributed by atoms with Crippen LogP contribution in [0.5, 0.6) is 0 Å². The average molecular weight is 465 g/mol. The number of carbonyl (C=O) groups excluding carboxylic acids is 2. The highest BCUT2D eigenvalue weighted by Crippen LogP contribution is 2.43. The molecule has 2 N–H and O–H groups in total. The number of hydroxylamine groups is 1. The third kappa shape index (κ3) is 5.09. The van der Waals surface area contributed by atoms with Crippen LogP contribution >= 0.6 is 11.6 Å². The van der Waals surface area contributed by atoms with Crippen molar-refractivity contribution >= 4 is 23.4 Å². The summed E-state index contributed by atoms with van der Waals surface area (Å²) < 4.78 is 0. The van der Waals surface area contributed by atoms with Crippen molar-refractivity contribution in [1.29, 1.82) is 0 Å². The van der Waals surface area contributed by atoms with Crippen molar-refractivity contribution in [3.05, 3.63) is 106 Å². The van der Waals surface area contributed by atoms with Gasteiger partial charge in [-0.25, -0.2) is 5.48 Å². The normalized spacial score (nSPS) is 18.5. The summed E-state index contributed by atoms with van der Waals surface area (Å²) in [5.41, 5.74) is 5.29. The fourth-order valence-corrected chi connectivity index (χ4v) is 4.35. The molecule has 3 aromatic rings. The molecule has 0 fully saturated rings. The lowest BCUT2D eigenvalue weighted by Gasteiger charge is -2.42. The van der Waals surface area contributed by atoms with Crippen molar-refractivity contribution in [2.45, 2.75) is 31.6 Å². The number of hydrogen-bond donors (Lipinski definition) is 2. The van der Waals surface area contributed by atoms with Gasteiger partial charge in [-0.15, -0.1) is 0 Å². The molecule has 0 saturated heterocycles. The Morgan fingerprint density at radius 1 is 1.06 bits per heavy atom. The quantitative estimate of drug-likeness (QED) is 0.512. The molecule has 0 bridgehead atoms. The Bertz CT molecular complexity index is 1120. The fourth-order valence-electron chi connectivity index (χ4n) is 4.22. The lowest BCUT2D eigenvalue weighted by Crippen LogP contribution is -2.49. The van der Waals surface area contributed by atoms with Gasteiger partial charge in [0.1, 0.15) is 0 Å². The maximum absolute atomic E-state index is 13.5. The van der Waals surface area contributed by atoms with Crippen LogP contribution in [0, 0.1) is 0 Å². The van der Waals surface area contributed by atoms with E-state index in [1.165, 1.54) is 0 Å². The van der Waals surface area contributed by atoms with Gasteiger partial charge in [0, 0.05) is 17.1 Å². The van der Waals surface area contributed by atoms with E-state index in [0.717, 1.165) is 11.1 Å². The van der Waals surface area contributed by atoms with Crippen LogP contribution in [0.4, 0.5) is 0 Å². The topological polar surface area (TPSA) is 78.9 Å². The number of fused-ring (bicyclic) bond motifs is 1. The molecule has 6 nitrogen and oxygen atoms in total. The molecular weight excluding hydrogens is 440 g/mol. The van der Waals surface area contributed by atoms with Gasteiger partial charge in [0.25, 0.3) is 11.8 Å². The second kappa shape index (κ2) is 10.2. The lowest BCUT2D eigenvalue weighted by molar-refractivity contribution is -0.138. The van der Waals surface area contributed by atoms with E-state index in [0.29, 0.717) is 16.1 Å². The number of nitrogens with one attached hydrogen (secondary N) is 1. The van der Waals surface area contributed by atoms with Crippen LogP contribution in [-0.4, -0.2) is 34.5 Å². The summed E-state index contributed by atoms with van der Waals surface area (Å²) in [6.45, 7) is 1.91. The van der Waals surface area contributed by atoms with Crippen LogP contribution in [0.25, 0.3) is 0 Å². The van der Waals surface area contributed by atoms with Crippen molar-refractivity contribution in [3.63, 3.8) is 0 Å². The summed E-state index contributed by atoms with van der Waals surface area (Å²) in [7, 11) is 0. The van der Waals surface area contributed by atoms with E-state index in [-0.39, 0.29) is 25.0 Å². The molecule has 33 heavy (non-hydrogen) atoms. The van der Waals surface area contributed by atoms with E-state index in [1.54, 1.807) is 60.4 Å². The van der Waals surface area contributed by atoms with Crippen LogP contribution in [0.3, 0.4) is 0 Å². The Morgan fingerprint density at radius 3 is 2.42 bits per heavy atom. The molecule has 4 rings (SSSR count). The van der Waals surface area contributed by atoms with Gasteiger partial charge in [0.05, 0.1) is 24.7 Å². The number of aliphatic hydroxyl groups excluding tert-OH is 1. The summed E-state index contributed by atoms with van der Waals surface area (Å²) in [6.07, 6.45) is -0.771. The van der Waals surface area contributed by atoms with Crippen LogP contribution < -0.4 is 5.48 Å². The van der Waals surface area contributed by atoms with E-state index in [1.807, 2.05) is 30.3 Å². The average Bonchev–Trinajstić information content (AvgIpc) is 2.82. The third-order valence-corrected chi connectivity index (χ3v) is 5.90. The van der Waals surface area contributed by atoms with Crippen molar-refractivity contribution in [1.82, 2.24) is 10.4 Å². The number of benzene rings is 3. The van der Waals surface area contributed by atoms with Crippen molar-refractivity contribution in [2.75, 3.05) is 6.54 Å². The molecule has 1 aliphatic heterocycles. The smallest absolute Gasteiger partial charge is 0.254 e. The molecule has 0 saturated carbocycles. The van der Waals surface area contributed by atoms with E-state index < -0.39 is 18.1 Å². The zero-order valence-corrected chi connectivity index (χ0v) is 18.9. The summed E-state index contributed by atoms with van der Waals surface area (Å²) in [6, 6.07) is 23.0. The predicted octanol–water partition coefficient (Wildman–Crippen LogP) is 4.25. The summed E-state index contributed by atoms with van der Waals surface area (Å²) >= 11 is 6.09. The van der Waals surface area contributed by atoms with E-state index in [4.69, 9.17) is 16.4 Å². The molecule has 0 aromatic heterocycles. The maximum atomic E-state index is 13.5. The molecule has 7 heteroatoms. The summed E-state index contributed by atoms with van der Waals surface area (Å²) in [4.78, 5) is 33.9. The number of nitrogens with zero attached hydrogens (tertiary/aromatic N) is 1. The van der Waals surface area contributed by atoms with E-state index >= 15 is 0 Å². The monoisotopic (exact) mass is 464 g/mol. The zero-order chi connectivity index (χ0) is 23.4. The van der Waals surface area contributed by atoms with Crippen LogP contribution in [0.1, 0.15) is 45.9 Å². The van der Waals surface area contributed by atoms with Crippen LogP contribution in [-0.2, 0) is 16.2 Å². The molecule has 0 radical (unpaired) electrons. The van der Waals surface area contributed by atoms with Gasteiger partial charge in [-0.3, -0.25) is 14.4 Å². The van der Waals surface area contributed by atoms with Gasteiger partial charge in [-0.05, 0) is 41.8 Å². The third-order valence-electron chi connectivity index (χ3n) is 5.65. The van der Waals surface area contributed by atoms with E-state index in [2.05, 4.69) is 5.48 Å². The number of hydrogen-bond acceptors (Lipinski definition) is 4.